The van der Waals surface area contributed by atoms with Crippen molar-refractivity contribution in [2.45, 2.75) is 12.8 Å². The lowest BCUT2D eigenvalue weighted by Crippen LogP contribution is -2.20. The van der Waals surface area contributed by atoms with Crippen molar-refractivity contribution in [2.75, 3.05) is 26.7 Å². The molecule has 0 amide bonds. The van der Waals surface area contributed by atoms with E-state index in [1.807, 2.05) is 25.2 Å². The van der Waals surface area contributed by atoms with Crippen LogP contribution in [0.15, 0.2) is 46.9 Å². The summed E-state index contributed by atoms with van der Waals surface area (Å²) in [6.07, 6.45) is 7.40. The molecule has 3 aromatic rings. The number of rotatable bonds is 8. The molecule has 1 aromatic heterocycles. The highest BCUT2D eigenvalue weighted by Gasteiger charge is 2.09. The molecule has 0 saturated heterocycles. The number of benzene rings is 2. The van der Waals surface area contributed by atoms with Crippen LogP contribution >= 0.6 is 27.5 Å². The fraction of sp³-hybridized carbons (Fsp3) is 0.286. The average Bonchev–Trinajstić information content (AvgIpc) is 3.05. The van der Waals surface area contributed by atoms with E-state index in [0.29, 0.717) is 13.2 Å². The number of hydrogen-bond acceptors (Lipinski definition) is 4. The topological polar surface area (TPSA) is 25.4 Å². The van der Waals surface area contributed by atoms with E-state index in [1.54, 1.807) is 0 Å². The quantitative estimate of drug-likeness (QED) is 0.352. The minimum absolute atomic E-state index is 0.698. The summed E-state index contributed by atoms with van der Waals surface area (Å²) in [4.78, 5) is 2.15. The SMILES string of the molecule is C#CCN(C)CCCCOc1ccc2c(-c3ccc(Br)cc3)nsc2c1. The standard InChI is InChI=1S/C21H21BrN2OS/c1-3-12-24(2)13-4-5-14-25-18-10-11-19-20(15-18)26-23-21(19)16-6-8-17(22)9-7-16/h1,6-11,15H,4-5,12-14H2,2H3. The minimum atomic E-state index is 0.698. The van der Waals surface area contributed by atoms with Gasteiger partial charge in [-0.05, 0) is 68.3 Å². The summed E-state index contributed by atoms with van der Waals surface area (Å²) >= 11 is 4.99. The molecule has 26 heavy (non-hydrogen) atoms. The Kier molecular flexibility index (Phi) is 6.67. The maximum absolute atomic E-state index is 5.90. The normalized spacial score (nSPS) is 11.0. The fourth-order valence-electron chi connectivity index (χ4n) is 2.73. The molecule has 0 unspecified atom stereocenters. The molecule has 3 rings (SSSR count). The van der Waals surface area contributed by atoms with Crippen LogP contribution in [0.3, 0.4) is 0 Å². The summed E-state index contributed by atoms with van der Waals surface area (Å²) in [7, 11) is 2.04. The number of hydrogen-bond donors (Lipinski definition) is 0. The molecular formula is C21H21BrN2OS. The summed E-state index contributed by atoms with van der Waals surface area (Å²) in [6.45, 7) is 2.41. The molecule has 0 aliphatic carbocycles. The van der Waals surface area contributed by atoms with E-state index in [9.17, 15) is 0 Å². The lowest BCUT2D eigenvalue weighted by molar-refractivity contribution is 0.289. The molecule has 0 fully saturated rings. The second-order valence-corrected chi connectivity index (χ2v) is 7.91. The Balaban J connectivity index is 1.58. The van der Waals surface area contributed by atoms with Crippen LogP contribution in [0.25, 0.3) is 21.3 Å². The van der Waals surface area contributed by atoms with Gasteiger partial charge in [-0.3, -0.25) is 4.90 Å². The summed E-state index contributed by atoms with van der Waals surface area (Å²) in [6, 6.07) is 14.5. The van der Waals surface area contributed by atoms with Gasteiger partial charge in [0.2, 0.25) is 0 Å². The Morgan fingerprint density at radius 2 is 2.00 bits per heavy atom. The van der Waals surface area contributed by atoms with E-state index in [1.165, 1.54) is 16.9 Å². The predicted octanol–water partition coefficient (Wildman–Crippen LogP) is 5.45. The number of unbranched alkanes of at least 4 members (excludes halogenated alkanes) is 1. The van der Waals surface area contributed by atoms with Crippen molar-refractivity contribution in [3.8, 4) is 29.4 Å². The Morgan fingerprint density at radius 3 is 2.77 bits per heavy atom. The van der Waals surface area contributed by atoms with Crippen LogP contribution < -0.4 is 4.74 Å². The van der Waals surface area contributed by atoms with Gasteiger partial charge in [0, 0.05) is 15.4 Å². The third kappa shape index (κ3) is 4.85. The molecule has 0 atom stereocenters. The molecule has 0 radical (unpaired) electrons. The van der Waals surface area contributed by atoms with Crippen molar-refractivity contribution < 1.29 is 4.74 Å². The van der Waals surface area contributed by atoms with E-state index >= 15 is 0 Å². The average molecular weight is 429 g/mol. The number of nitrogens with zero attached hydrogens (tertiary/aromatic N) is 2. The molecule has 134 valence electrons. The third-order valence-electron chi connectivity index (χ3n) is 4.13. The molecule has 0 bridgehead atoms. The van der Waals surface area contributed by atoms with Crippen molar-refractivity contribution in [2.24, 2.45) is 0 Å². The van der Waals surface area contributed by atoms with Crippen LogP contribution in [-0.2, 0) is 0 Å². The van der Waals surface area contributed by atoms with Gasteiger partial charge in [-0.2, -0.15) is 4.37 Å². The van der Waals surface area contributed by atoms with E-state index in [4.69, 9.17) is 11.2 Å². The van der Waals surface area contributed by atoms with E-state index in [-0.39, 0.29) is 0 Å². The molecule has 1 heterocycles. The van der Waals surface area contributed by atoms with Crippen molar-refractivity contribution in [3.63, 3.8) is 0 Å². The summed E-state index contributed by atoms with van der Waals surface area (Å²) in [5.74, 6) is 3.56. The maximum Gasteiger partial charge on any atom is 0.120 e. The van der Waals surface area contributed by atoms with Gasteiger partial charge in [0.05, 0.1) is 23.5 Å². The Labute approximate surface area is 167 Å². The molecular weight excluding hydrogens is 408 g/mol. The first kappa shape index (κ1) is 18.9. The summed E-state index contributed by atoms with van der Waals surface area (Å²) in [5, 5.41) is 1.17. The van der Waals surface area contributed by atoms with Gasteiger partial charge in [0.1, 0.15) is 5.75 Å². The highest BCUT2D eigenvalue weighted by Crippen LogP contribution is 2.33. The lowest BCUT2D eigenvalue weighted by atomic mass is 10.1. The molecule has 0 aliphatic rings. The molecule has 3 nitrogen and oxygen atoms in total. The summed E-state index contributed by atoms with van der Waals surface area (Å²) in [5.41, 5.74) is 2.16. The van der Waals surface area contributed by atoms with Crippen molar-refractivity contribution >= 4 is 37.5 Å². The largest absolute Gasteiger partial charge is 0.494 e. The van der Waals surface area contributed by atoms with Gasteiger partial charge in [-0.15, -0.1) is 6.42 Å². The first-order valence-electron chi connectivity index (χ1n) is 8.57. The highest BCUT2D eigenvalue weighted by molar-refractivity contribution is 9.10. The second-order valence-electron chi connectivity index (χ2n) is 6.19. The molecule has 5 heteroatoms. The Hall–Kier alpha value is -1.87. The molecule has 0 N–H and O–H groups in total. The first-order valence-corrected chi connectivity index (χ1v) is 10.1. The minimum Gasteiger partial charge on any atom is -0.494 e. The zero-order valence-corrected chi connectivity index (χ0v) is 17.1. The number of ether oxygens (including phenoxy) is 1. The Morgan fingerprint density at radius 1 is 1.19 bits per heavy atom. The van der Waals surface area contributed by atoms with Gasteiger partial charge >= 0.3 is 0 Å². The monoisotopic (exact) mass is 428 g/mol. The van der Waals surface area contributed by atoms with E-state index in [2.05, 4.69) is 55.4 Å². The van der Waals surface area contributed by atoms with Gasteiger partial charge in [0.15, 0.2) is 0 Å². The number of terminal acetylenes is 1. The van der Waals surface area contributed by atoms with Crippen LogP contribution in [0.5, 0.6) is 5.75 Å². The molecule has 2 aromatic carbocycles. The molecule has 0 aliphatic heterocycles. The fourth-order valence-corrected chi connectivity index (χ4v) is 3.82. The maximum atomic E-state index is 5.90. The van der Waals surface area contributed by atoms with Crippen molar-refractivity contribution in [1.82, 2.24) is 9.27 Å². The van der Waals surface area contributed by atoms with Crippen LogP contribution in [0.2, 0.25) is 0 Å². The first-order chi connectivity index (χ1) is 12.7. The van der Waals surface area contributed by atoms with Crippen LogP contribution in [0.1, 0.15) is 12.8 Å². The third-order valence-corrected chi connectivity index (χ3v) is 5.46. The zero-order valence-electron chi connectivity index (χ0n) is 14.7. The van der Waals surface area contributed by atoms with Gasteiger partial charge in [-0.1, -0.05) is 34.0 Å². The number of halogens is 1. The van der Waals surface area contributed by atoms with Crippen molar-refractivity contribution in [1.29, 1.82) is 0 Å². The van der Waals surface area contributed by atoms with E-state index in [0.717, 1.165) is 45.6 Å². The number of fused-ring (bicyclic) bond motifs is 1. The van der Waals surface area contributed by atoms with Gasteiger partial charge < -0.3 is 4.74 Å². The number of aromatic nitrogens is 1. The van der Waals surface area contributed by atoms with Crippen LogP contribution in [0, 0.1) is 12.3 Å². The zero-order chi connectivity index (χ0) is 18.4. The molecule has 0 saturated carbocycles. The van der Waals surface area contributed by atoms with E-state index < -0.39 is 0 Å². The Bertz CT molecular complexity index is 899. The predicted molar refractivity (Wildman–Crippen MR) is 114 cm³/mol. The smallest absolute Gasteiger partial charge is 0.120 e. The van der Waals surface area contributed by atoms with Crippen LogP contribution in [0.4, 0.5) is 0 Å². The van der Waals surface area contributed by atoms with Crippen molar-refractivity contribution in [3.05, 3.63) is 46.9 Å². The second kappa shape index (κ2) is 9.18. The lowest BCUT2D eigenvalue weighted by Gasteiger charge is -2.12. The van der Waals surface area contributed by atoms with Gasteiger partial charge in [-0.25, -0.2) is 0 Å². The summed E-state index contributed by atoms with van der Waals surface area (Å²) < 4.78 is 12.8. The molecule has 0 spiro atoms. The highest BCUT2D eigenvalue weighted by atomic mass is 79.9. The van der Waals surface area contributed by atoms with Gasteiger partial charge in [0.25, 0.3) is 0 Å². The van der Waals surface area contributed by atoms with Crippen LogP contribution in [-0.4, -0.2) is 36.0 Å².